The first kappa shape index (κ1) is 13.9. The average molecular weight is 304 g/mol. The van der Waals surface area contributed by atoms with E-state index in [-0.39, 0.29) is 0 Å². The van der Waals surface area contributed by atoms with Gasteiger partial charge in [-0.1, -0.05) is 16.7 Å². The van der Waals surface area contributed by atoms with Crippen molar-refractivity contribution in [3.63, 3.8) is 0 Å². The van der Waals surface area contributed by atoms with Crippen LogP contribution in [-0.4, -0.2) is 17.1 Å². The molecule has 1 aliphatic rings. The first-order chi connectivity index (χ1) is 10.1. The SMILES string of the molecule is COc1ncc([C@](C)(N=[N+]=[N-])C2CC2)c2cc(Cl)ncc12. The lowest BCUT2D eigenvalue weighted by Crippen LogP contribution is -2.22. The molecule has 7 heteroatoms. The Morgan fingerprint density at radius 2 is 2.14 bits per heavy atom. The van der Waals surface area contributed by atoms with Gasteiger partial charge in [-0.25, -0.2) is 9.97 Å². The van der Waals surface area contributed by atoms with Crippen LogP contribution in [0.15, 0.2) is 23.6 Å². The molecule has 0 spiro atoms. The first-order valence-corrected chi connectivity index (χ1v) is 7.03. The Kier molecular flexibility index (Phi) is 3.35. The first-order valence-electron chi connectivity index (χ1n) is 6.65. The second-order valence-corrected chi connectivity index (χ2v) is 5.73. The van der Waals surface area contributed by atoms with E-state index in [9.17, 15) is 0 Å². The minimum Gasteiger partial charge on any atom is -0.481 e. The van der Waals surface area contributed by atoms with E-state index in [4.69, 9.17) is 21.9 Å². The van der Waals surface area contributed by atoms with Gasteiger partial charge < -0.3 is 4.74 Å². The average Bonchev–Trinajstić information content (AvgIpc) is 3.31. The van der Waals surface area contributed by atoms with Crippen LogP contribution in [0.5, 0.6) is 5.88 Å². The molecule has 1 atom stereocenters. The number of methoxy groups -OCH3 is 1. The van der Waals surface area contributed by atoms with Crippen LogP contribution in [0.3, 0.4) is 0 Å². The second-order valence-electron chi connectivity index (χ2n) is 5.35. The summed E-state index contributed by atoms with van der Waals surface area (Å²) in [4.78, 5) is 11.4. The highest BCUT2D eigenvalue weighted by molar-refractivity contribution is 6.30. The molecule has 0 saturated heterocycles. The largest absolute Gasteiger partial charge is 0.481 e. The number of pyridine rings is 2. The fourth-order valence-electron chi connectivity index (χ4n) is 2.75. The molecule has 21 heavy (non-hydrogen) atoms. The summed E-state index contributed by atoms with van der Waals surface area (Å²) in [6.45, 7) is 1.95. The van der Waals surface area contributed by atoms with Crippen molar-refractivity contribution in [1.29, 1.82) is 0 Å². The lowest BCUT2D eigenvalue weighted by Gasteiger charge is -2.25. The maximum absolute atomic E-state index is 8.94. The zero-order valence-corrected chi connectivity index (χ0v) is 12.5. The predicted octanol–water partition coefficient (Wildman–Crippen LogP) is 4.23. The number of halogens is 1. The third kappa shape index (κ3) is 2.26. The Bertz CT molecular complexity index is 754. The van der Waals surface area contributed by atoms with E-state index in [0.29, 0.717) is 17.0 Å². The number of nitrogens with zero attached hydrogens (tertiary/aromatic N) is 5. The smallest absolute Gasteiger partial charge is 0.222 e. The highest BCUT2D eigenvalue weighted by Crippen LogP contribution is 2.50. The maximum Gasteiger partial charge on any atom is 0.222 e. The van der Waals surface area contributed by atoms with Crippen molar-refractivity contribution in [2.75, 3.05) is 7.11 Å². The lowest BCUT2D eigenvalue weighted by atomic mass is 9.86. The third-order valence-corrected chi connectivity index (χ3v) is 4.27. The van der Waals surface area contributed by atoms with Gasteiger partial charge in [0.25, 0.3) is 0 Å². The van der Waals surface area contributed by atoms with Crippen LogP contribution in [0, 0.1) is 5.92 Å². The fraction of sp³-hybridized carbons (Fsp3) is 0.429. The molecular weight excluding hydrogens is 290 g/mol. The van der Waals surface area contributed by atoms with Gasteiger partial charge in [0, 0.05) is 17.3 Å². The van der Waals surface area contributed by atoms with E-state index in [1.165, 1.54) is 0 Å². The van der Waals surface area contributed by atoms with Crippen molar-refractivity contribution >= 4 is 22.4 Å². The number of aromatic nitrogens is 2. The Labute approximate surface area is 126 Å². The van der Waals surface area contributed by atoms with Crippen LogP contribution in [0.4, 0.5) is 0 Å². The van der Waals surface area contributed by atoms with Crippen LogP contribution in [0.25, 0.3) is 21.2 Å². The number of azide groups is 1. The molecule has 6 nitrogen and oxygen atoms in total. The molecule has 0 N–H and O–H groups in total. The topological polar surface area (TPSA) is 83.8 Å². The summed E-state index contributed by atoms with van der Waals surface area (Å²) in [6, 6.07) is 1.77. The second kappa shape index (κ2) is 5.06. The molecule has 2 aromatic heterocycles. The zero-order valence-electron chi connectivity index (χ0n) is 11.7. The number of fused-ring (bicyclic) bond motifs is 1. The van der Waals surface area contributed by atoms with Crippen LogP contribution >= 0.6 is 11.6 Å². The molecule has 3 rings (SSSR count). The fourth-order valence-corrected chi connectivity index (χ4v) is 2.90. The van der Waals surface area contributed by atoms with E-state index in [0.717, 1.165) is 29.2 Å². The maximum atomic E-state index is 8.94. The summed E-state index contributed by atoms with van der Waals surface area (Å²) in [5, 5.41) is 6.07. The van der Waals surface area contributed by atoms with Crippen LogP contribution < -0.4 is 4.74 Å². The van der Waals surface area contributed by atoms with Gasteiger partial charge in [0.05, 0.1) is 18.0 Å². The standard InChI is InChI=1S/C14H14ClN5O/c1-14(19-20-16,8-3-4-8)11-7-18-13(21-2)10-6-17-12(15)5-9(10)11/h5-8H,3-4H2,1-2H3/t14-/m1/s1. The summed E-state index contributed by atoms with van der Waals surface area (Å²) in [5.74, 6) is 0.815. The molecule has 0 bridgehead atoms. The van der Waals surface area contributed by atoms with Crippen LogP contribution in [-0.2, 0) is 5.54 Å². The van der Waals surface area contributed by atoms with Gasteiger partial charge >= 0.3 is 0 Å². The van der Waals surface area contributed by atoms with Crippen molar-refractivity contribution in [2.45, 2.75) is 25.3 Å². The normalized spacial score (nSPS) is 17.1. The Hall–Kier alpha value is -2.04. The predicted molar refractivity (Wildman–Crippen MR) is 80.3 cm³/mol. The minimum atomic E-state index is -0.628. The van der Waals surface area contributed by atoms with Crippen molar-refractivity contribution in [1.82, 2.24) is 9.97 Å². The minimum absolute atomic E-state index is 0.332. The summed E-state index contributed by atoms with van der Waals surface area (Å²) in [7, 11) is 1.56. The molecular formula is C14H14ClN5O. The van der Waals surface area contributed by atoms with Crippen molar-refractivity contribution in [3.05, 3.63) is 39.6 Å². The molecule has 0 amide bonds. The Morgan fingerprint density at radius 3 is 2.76 bits per heavy atom. The quantitative estimate of drug-likeness (QED) is 0.367. The summed E-state index contributed by atoms with van der Waals surface area (Å²) >= 11 is 6.03. The van der Waals surface area contributed by atoms with E-state index in [2.05, 4.69) is 20.0 Å². The zero-order chi connectivity index (χ0) is 15.0. The highest BCUT2D eigenvalue weighted by Gasteiger charge is 2.43. The van der Waals surface area contributed by atoms with Crippen molar-refractivity contribution in [3.8, 4) is 5.88 Å². The van der Waals surface area contributed by atoms with Gasteiger partial charge in [-0.05, 0) is 48.2 Å². The van der Waals surface area contributed by atoms with Gasteiger partial charge in [-0.15, -0.1) is 0 Å². The molecule has 108 valence electrons. The highest BCUT2D eigenvalue weighted by atomic mass is 35.5. The molecule has 2 aromatic rings. The van der Waals surface area contributed by atoms with E-state index >= 15 is 0 Å². The van der Waals surface area contributed by atoms with E-state index < -0.39 is 5.54 Å². The molecule has 0 unspecified atom stereocenters. The van der Waals surface area contributed by atoms with Gasteiger partial charge in [0.15, 0.2) is 0 Å². The van der Waals surface area contributed by atoms with Crippen molar-refractivity contribution in [2.24, 2.45) is 11.0 Å². The number of hydrogen-bond acceptors (Lipinski definition) is 4. The summed E-state index contributed by atoms with van der Waals surface area (Å²) in [6.07, 6.45) is 5.44. The monoisotopic (exact) mass is 303 g/mol. The molecule has 0 radical (unpaired) electrons. The molecule has 1 fully saturated rings. The number of rotatable bonds is 4. The van der Waals surface area contributed by atoms with Crippen LogP contribution in [0.2, 0.25) is 5.15 Å². The summed E-state index contributed by atoms with van der Waals surface area (Å²) in [5.41, 5.74) is 9.18. The van der Waals surface area contributed by atoms with Crippen LogP contribution in [0.1, 0.15) is 25.3 Å². The van der Waals surface area contributed by atoms with E-state index in [1.807, 2.05) is 6.92 Å². The van der Waals surface area contributed by atoms with E-state index in [1.54, 1.807) is 25.6 Å². The Morgan fingerprint density at radius 1 is 1.38 bits per heavy atom. The van der Waals surface area contributed by atoms with Gasteiger partial charge in [0.2, 0.25) is 5.88 Å². The van der Waals surface area contributed by atoms with Gasteiger partial charge in [-0.2, -0.15) is 0 Å². The molecule has 1 aliphatic carbocycles. The van der Waals surface area contributed by atoms with Gasteiger partial charge in [-0.3, -0.25) is 0 Å². The van der Waals surface area contributed by atoms with Gasteiger partial charge in [0.1, 0.15) is 5.15 Å². The molecule has 2 heterocycles. The molecule has 0 aliphatic heterocycles. The van der Waals surface area contributed by atoms with Crippen molar-refractivity contribution < 1.29 is 4.74 Å². The molecule has 0 aromatic carbocycles. The Balaban J connectivity index is 2.32. The number of ether oxygens (including phenoxy) is 1. The third-order valence-electron chi connectivity index (χ3n) is 4.07. The summed E-state index contributed by atoms with van der Waals surface area (Å²) < 4.78 is 5.27. The lowest BCUT2D eigenvalue weighted by molar-refractivity contribution is 0.398. The molecule has 1 saturated carbocycles. The number of hydrogen-bond donors (Lipinski definition) is 0.